The summed E-state index contributed by atoms with van der Waals surface area (Å²) < 4.78 is 1.45. The molecule has 1 N–H and O–H groups in total. The summed E-state index contributed by atoms with van der Waals surface area (Å²) in [4.78, 5) is 30.5. The van der Waals surface area contributed by atoms with Gasteiger partial charge in [-0.05, 0) is 12.8 Å². The molecule has 0 aliphatic carbocycles. The van der Waals surface area contributed by atoms with Gasteiger partial charge in [0, 0.05) is 51.9 Å². The monoisotopic (exact) mass is 689 g/mol. The van der Waals surface area contributed by atoms with Crippen LogP contribution in [0.15, 0.2) is 0 Å². The Morgan fingerprint density at radius 1 is 0.574 bits per heavy atom. The summed E-state index contributed by atoms with van der Waals surface area (Å²) in [5.74, 6) is 0.224. The zero-order valence-electron chi connectivity index (χ0n) is 32.7. The van der Waals surface area contributed by atoms with Crippen molar-refractivity contribution in [2.45, 2.75) is 167 Å². The molecule has 2 unspecified atom stereocenters. The van der Waals surface area contributed by atoms with E-state index in [9.17, 15) is 14.7 Å². The fourth-order valence-corrected chi connectivity index (χ4v) is 6.18. The van der Waals surface area contributed by atoms with Crippen LogP contribution in [-0.2, 0) is 9.59 Å². The molecule has 0 fully saturated rings. The number of aliphatic hydroxyl groups is 1. The number of hydrogen-bond acceptors (Lipinski definition) is 3. The lowest BCUT2D eigenvalue weighted by Gasteiger charge is -2.33. The lowest BCUT2D eigenvalue weighted by Crippen LogP contribution is -2.47. The molecule has 280 valence electrons. The summed E-state index contributed by atoms with van der Waals surface area (Å²) in [5, 5.41) is 11.3. The first-order valence-electron chi connectivity index (χ1n) is 19.7. The highest BCUT2D eigenvalue weighted by atomic mass is 35.5. The van der Waals surface area contributed by atoms with Crippen molar-refractivity contribution < 1.29 is 23.7 Å². The van der Waals surface area contributed by atoms with E-state index in [1.807, 2.05) is 9.80 Å². The quantitative estimate of drug-likeness (QED) is 0.0333. The van der Waals surface area contributed by atoms with Crippen LogP contribution in [-0.4, -0.2) is 122 Å². The zero-order valence-corrected chi connectivity index (χ0v) is 33.4. The van der Waals surface area contributed by atoms with E-state index in [4.69, 9.17) is 11.6 Å². The third-order valence-electron chi connectivity index (χ3n) is 9.29. The molecule has 0 aromatic carbocycles. The molecule has 0 saturated carbocycles. The van der Waals surface area contributed by atoms with Crippen LogP contribution in [0.2, 0.25) is 0 Å². The van der Waals surface area contributed by atoms with Gasteiger partial charge in [0.25, 0.3) is 0 Å². The Balaban J connectivity index is 5.11. The molecule has 2 atom stereocenters. The van der Waals surface area contributed by atoms with E-state index in [2.05, 4.69) is 56.1 Å². The molecule has 0 aliphatic rings. The number of hydrogen-bond donors (Lipinski definition) is 1. The van der Waals surface area contributed by atoms with Gasteiger partial charge in [-0.2, -0.15) is 0 Å². The average Bonchev–Trinajstić information content (AvgIpc) is 2.99. The number of carbonyl (C=O) groups is 2. The van der Waals surface area contributed by atoms with Gasteiger partial charge in [-0.1, -0.05) is 128 Å². The van der Waals surface area contributed by atoms with Crippen LogP contribution in [0.5, 0.6) is 0 Å². The van der Waals surface area contributed by atoms with E-state index >= 15 is 0 Å². The first kappa shape index (κ1) is 46.1. The number of halogens is 1. The maximum Gasteiger partial charge on any atom is 0.222 e. The van der Waals surface area contributed by atoms with Gasteiger partial charge in [0.1, 0.15) is 0 Å². The number of unbranched alkanes of at least 4 members (excludes halogenated alkanes) is 16. The van der Waals surface area contributed by atoms with Crippen molar-refractivity contribution in [3.63, 3.8) is 0 Å². The van der Waals surface area contributed by atoms with Gasteiger partial charge >= 0.3 is 0 Å². The van der Waals surface area contributed by atoms with Gasteiger partial charge < -0.3 is 23.9 Å². The highest BCUT2D eigenvalue weighted by Crippen LogP contribution is 2.17. The second-order valence-corrected chi connectivity index (χ2v) is 16.7. The minimum absolute atomic E-state index is 0.0925. The molecule has 0 aliphatic heterocycles. The van der Waals surface area contributed by atoms with Crippen molar-refractivity contribution in [1.29, 1.82) is 0 Å². The molecule has 47 heavy (non-hydrogen) atoms. The predicted octanol–water partition coefficient (Wildman–Crippen LogP) is 8.60. The fourth-order valence-electron chi connectivity index (χ4n) is 6.08. The molecule has 7 nitrogen and oxygen atoms in total. The van der Waals surface area contributed by atoms with E-state index in [1.54, 1.807) is 0 Å². The number of alkyl halides is 1. The standard InChI is InChI=1S/C39H81ClN4O3/c1-9-11-13-15-17-19-21-23-25-28-38(46)41(31-27-33-43(3,4)5)34-36(45)35-42(32-30-37(40)44(6,7)8)39(47)29-26-24-22-20-18-16-14-12-10-2/h36-37,45H,9-35H2,1-8H3/q+2. The summed E-state index contributed by atoms with van der Waals surface area (Å²) >= 11 is 6.69. The molecular weight excluding hydrogens is 608 g/mol. The number of aliphatic hydroxyl groups excluding tert-OH is 1. The third kappa shape index (κ3) is 27.6. The molecule has 0 aromatic rings. The van der Waals surface area contributed by atoms with Crippen LogP contribution in [0.3, 0.4) is 0 Å². The SMILES string of the molecule is CCCCCCCCCCCC(=O)N(CCC[N+](C)(C)C)CC(O)CN(CCC(Cl)[N+](C)(C)C)C(=O)CCCCCCCCCCC. The molecule has 0 rings (SSSR count). The van der Waals surface area contributed by atoms with Gasteiger partial charge in [-0.25, -0.2) is 0 Å². The summed E-state index contributed by atoms with van der Waals surface area (Å²) in [7, 11) is 12.7. The topological polar surface area (TPSA) is 60.9 Å². The van der Waals surface area contributed by atoms with Gasteiger partial charge in [-0.15, -0.1) is 0 Å². The Hall–Kier alpha value is -0.890. The predicted molar refractivity (Wildman–Crippen MR) is 203 cm³/mol. The van der Waals surface area contributed by atoms with E-state index < -0.39 is 6.10 Å². The molecular formula is C39H81ClN4O3+2. The van der Waals surface area contributed by atoms with Crippen LogP contribution in [0.25, 0.3) is 0 Å². The van der Waals surface area contributed by atoms with Crippen LogP contribution in [0, 0.1) is 0 Å². The Morgan fingerprint density at radius 2 is 0.936 bits per heavy atom. The van der Waals surface area contributed by atoms with Crippen LogP contribution in [0.1, 0.15) is 155 Å². The van der Waals surface area contributed by atoms with Crippen molar-refractivity contribution in [3.05, 3.63) is 0 Å². The van der Waals surface area contributed by atoms with Crippen molar-refractivity contribution in [2.24, 2.45) is 0 Å². The van der Waals surface area contributed by atoms with Crippen molar-refractivity contribution >= 4 is 23.4 Å². The summed E-state index contributed by atoms with van der Waals surface area (Å²) in [6.07, 6.45) is 23.7. The second-order valence-electron chi connectivity index (χ2n) is 16.2. The van der Waals surface area contributed by atoms with Crippen molar-refractivity contribution in [1.82, 2.24) is 9.80 Å². The molecule has 0 radical (unpaired) electrons. The molecule has 0 bridgehead atoms. The number of rotatable bonds is 32. The maximum absolute atomic E-state index is 13.4. The lowest BCUT2D eigenvalue weighted by atomic mass is 10.1. The van der Waals surface area contributed by atoms with E-state index in [1.165, 1.54) is 89.9 Å². The van der Waals surface area contributed by atoms with E-state index in [0.717, 1.165) is 43.1 Å². The largest absolute Gasteiger partial charge is 0.389 e. The molecule has 0 heterocycles. The Bertz CT molecular complexity index is 768. The molecule has 8 heteroatoms. The van der Waals surface area contributed by atoms with Crippen LogP contribution in [0.4, 0.5) is 0 Å². The van der Waals surface area contributed by atoms with Crippen LogP contribution >= 0.6 is 11.6 Å². The lowest BCUT2D eigenvalue weighted by molar-refractivity contribution is -0.882. The normalized spacial score (nSPS) is 13.5. The minimum atomic E-state index is -0.781. The number of amides is 2. The number of carbonyl (C=O) groups excluding carboxylic acids is 2. The number of quaternary nitrogens is 2. The smallest absolute Gasteiger partial charge is 0.222 e. The zero-order chi connectivity index (χ0) is 35.6. The highest BCUT2D eigenvalue weighted by Gasteiger charge is 2.26. The van der Waals surface area contributed by atoms with Crippen molar-refractivity contribution in [2.75, 3.05) is 75.0 Å². The van der Waals surface area contributed by atoms with Gasteiger partial charge in [-0.3, -0.25) is 9.59 Å². The van der Waals surface area contributed by atoms with E-state index in [-0.39, 0.29) is 30.4 Å². The third-order valence-corrected chi connectivity index (χ3v) is 10.1. The van der Waals surface area contributed by atoms with Crippen LogP contribution < -0.4 is 0 Å². The van der Waals surface area contributed by atoms with Gasteiger partial charge in [0.2, 0.25) is 11.8 Å². The molecule has 0 spiro atoms. The highest BCUT2D eigenvalue weighted by molar-refractivity contribution is 6.19. The van der Waals surface area contributed by atoms with Gasteiger partial charge in [0.15, 0.2) is 5.50 Å². The first-order chi connectivity index (χ1) is 22.2. The Labute approximate surface area is 297 Å². The van der Waals surface area contributed by atoms with Crippen molar-refractivity contribution in [3.8, 4) is 0 Å². The molecule has 0 aromatic heterocycles. The summed E-state index contributed by atoms with van der Waals surface area (Å²) in [6, 6.07) is 0. The summed E-state index contributed by atoms with van der Waals surface area (Å²) in [5.41, 5.74) is -0.125. The Kier molecular flexibility index (Phi) is 27.4. The fraction of sp³-hybridized carbons (Fsp3) is 0.949. The number of nitrogens with zero attached hydrogens (tertiary/aromatic N) is 4. The first-order valence-corrected chi connectivity index (χ1v) is 20.1. The minimum Gasteiger partial charge on any atom is -0.389 e. The molecule has 0 saturated heterocycles. The maximum atomic E-state index is 13.4. The molecule has 2 amide bonds. The van der Waals surface area contributed by atoms with Gasteiger partial charge in [0.05, 0.1) is 54.9 Å². The Morgan fingerprint density at radius 3 is 1.30 bits per heavy atom. The second kappa shape index (κ2) is 27.9. The average molecular weight is 690 g/mol. The summed E-state index contributed by atoms with van der Waals surface area (Å²) in [6.45, 7) is 7.13. The van der Waals surface area contributed by atoms with E-state index in [0.29, 0.717) is 36.8 Å².